The fraction of sp³-hybridized carbons (Fsp3) is 0.182. The van der Waals surface area contributed by atoms with Crippen LogP contribution in [0.5, 0.6) is 5.75 Å². The van der Waals surface area contributed by atoms with Crippen molar-refractivity contribution in [2.45, 2.75) is 6.92 Å². The minimum Gasteiger partial charge on any atom is -0.492 e. The smallest absolute Gasteiger partial charge is 0.289 e. The molecule has 144 valence electrons. The molecule has 0 radical (unpaired) electrons. The number of carbonyl (C=O) groups is 2. The van der Waals surface area contributed by atoms with Crippen LogP contribution in [0.3, 0.4) is 0 Å². The molecule has 0 unspecified atom stereocenters. The molecule has 5 nitrogen and oxygen atoms in total. The molecule has 0 saturated carbocycles. The Kier molecular flexibility index (Phi) is 6.16. The number of hydrogen-bond donors (Lipinski definition) is 0. The van der Waals surface area contributed by atoms with Crippen LogP contribution in [0.1, 0.15) is 27.8 Å². The monoisotopic (exact) mass is 397 g/mol. The summed E-state index contributed by atoms with van der Waals surface area (Å²) >= 11 is 5.92. The molecule has 0 saturated heterocycles. The van der Waals surface area contributed by atoms with Gasteiger partial charge in [-0.15, -0.1) is 0 Å². The van der Waals surface area contributed by atoms with Crippen LogP contribution in [0.15, 0.2) is 65.1 Å². The Morgan fingerprint density at radius 3 is 2.50 bits per heavy atom. The van der Waals surface area contributed by atoms with Gasteiger partial charge in [-0.1, -0.05) is 41.9 Å². The first-order chi connectivity index (χ1) is 13.4. The second kappa shape index (κ2) is 8.76. The van der Waals surface area contributed by atoms with Gasteiger partial charge < -0.3 is 14.1 Å². The second-order valence-corrected chi connectivity index (χ2v) is 6.77. The number of rotatable bonds is 7. The van der Waals surface area contributed by atoms with Gasteiger partial charge in [0.05, 0.1) is 6.54 Å². The average Bonchev–Trinajstić information content (AvgIpc) is 3.17. The molecule has 0 N–H and O–H groups in total. The molecule has 0 aliphatic carbocycles. The third-order valence-corrected chi connectivity index (χ3v) is 4.47. The first kappa shape index (κ1) is 19.7. The lowest BCUT2D eigenvalue weighted by Crippen LogP contribution is -2.30. The normalized spacial score (nSPS) is 10.5. The van der Waals surface area contributed by atoms with Gasteiger partial charge in [-0.3, -0.25) is 9.59 Å². The molecule has 1 heterocycles. The van der Waals surface area contributed by atoms with Crippen molar-refractivity contribution in [1.82, 2.24) is 4.90 Å². The molecular formula is C22H20ClNO4. The van der Waals surface area contributed by atoms with Gasteiger partial charge in [0, 0.05) is 23.2 Å². The zero-order valence-electron chi connectivity index (χ0n) is 15.6. The zero-order valence-corrected chi connectivity index (χ0v) is 16.4. The second-order valence-electron chi connectivity index (χ2n) is 6.33. The van der Waals surface area contributed by atoms with Gasteiger partial charge in [0.1, 0.15) is 18.1 Å². The Labute approximate surface area is 168 Å². The average molecular weight is 398 g/mol. The van der Waals surface area contributed by atoms with Gasteiger partial charge in [-0.25, -0.2) is 0 Å². The van der Waals surface area contributed by atoms with Crippen LogP contribution in [0, 0.1) is 0 Å². The van der Waals surface area contributed by atoms with Gasteiger partial charge in [-0.2, -0.15) is 0 Å². The molecule has 0 aliphatic heterocycles. The number of carbonyl (C=O) groups excluding carboxylic acids is 2. The Morgan fingerprint density at radius 2 is 1.82 bits per heavy atom. The molecule has 2 aromatic carbocycles. The van der Waals surface area contributed by atoms with Crippen LogP contribution >= 0.6 is 11.6 Å². The lowest BCUT2D eigenvalue weighted by molar-refractivity contribution is 0.0743. The van der Waals surface area contributed by atoms with E-state index in [1.165, 1.54) is 11.8 Å². The Balaban J connectivity index is 1.59. The highest BCUT2D eigenvalue weighted by Crippen LogP contribution is 2.23. The highest BCUT2D eigenvalue weighted by molar-refractivity contribution is 6.30. The van der Waals surface area contributed by atoms with Crippen molar-refractivity contribution in [3.05, 3.63) is 77.0 Å². The summed E-state index contributed by atoms with van der Waals surface area (Å²) < 4.78 is 11.3. The van der Waals surface area contributed by atoms with E-state index >= 15 is 0 Å². The fourth-order valence-electron chi connectivity index (χ4n) is 2.62. The molecule has 1 amide bonds. The molecule has 0 bridgehead atoms. The fourth-order valence-corrected chi connectivity index (χ4v) is 2.80. The SMILES string of the molecule is CC(=O)c1ccc(-c2ccc(C(=O)N(C)CCOc3cccc(Cl)c3)o2)cc1. The summed E-state index contributed by atoms with van der Waals surface area (Å²) in [7, 11) is 1.69. The van der Waals surface area contributed by atoms with Crippen LogP contribution in [0.2, 0.25) is 5.02 Å². The van der Waals surface area contributed by atoms with E-state index in [-0.39, 0.29) is 17.5 Å². The van der Waals surface area contributed by atoms with Crippen molar-refractivity contribution in [3.8, 4) is 17.1 Å². The third-order valence-electron chi connectivity index (χ3n) is 4.23. The van der Waals surface area contributed by atoms with E-state index in [1.54, 1.807) is 61.6 Å². The van der Waals surface area contributed by atoms with Crippen LogP contribution in [0.25, 0.3) is 11.3 Å². The predicted molar refractivity (Wildman–Crippen MR) is 108 cm³/mol. The zero-order chi connectivity index (χ0) is 20.1. The maximum atomic E-state index is 12.5. The van der Waals surface area contributed by atoms with E-state index in [2.05, 4.69) is 0 Å². The Bertz CT molecular complexity index is 978. The van der Waals surface area contributed by atoms with Gasteiger partial charge >= 0.3 is 0 Å². The molecule has 6 heteroatoms. The van der Waals surface area contributed by atoms with E-state index in [9.17, 15) is 9.59 Å². The number of ketones is 1. The number of amides is 1. The van der Waals surface area contributed by atoms with Crippen LogP contribution < -0.4 is 4.74 Å². The Hall–Kier alpha value is -3.05. The number of hydrogen-bond acceptors (Lipinski definition) is 4. The standard InChI is InChI=1S/C22H20ClNO4/c1-15(25)16-6-8-17(9-7-16)20-10-11-21(28-20)22(26)24(2)12-13-27-19-5-3-4-18(23)14-19/h3-11,14H,12-13H2,1-2H3. The third kappa shape index (κ3) is 4.81. The largest absolute Gasteiger partial charge is 0.492 e. The summed E-state index contributed by atoms with van der Waals surface area (Å²) in [6.45, 7) is 2.25. The van der Waals surface area contributed by atoms with Crippen molar-refractivity contribution < 1.29 is 18.7 Å². The minimum absolute atomic E-state index is 0.00322. The maximum absolute atomic E-state index is 12.5. The number of Topliss-reactive ketones (excluding diaryl/α,β-unsaturated/α-hetero) is 1. The van der Waals surface area contributed by atoms with Gasteiger partial charge in [0.2, 0.25) is 0 Å². The maximum Gasteiger partial charge on any atom is 0.289 e. The summed E-state index contributed by atoms with van der Waals surface area (Å²) in [4.78, 5) is 25.4. The summed E-state index contributed by atoms with van der Waals surface area (Å²) in [6.07, 6.45) is 0. The predicted octanol–water partition coefficient (Wildman–Crippen LogP) is 4.95. The molecule has 3 aromatic rings. The first-order valence-corrected chi connectivity index (χ1v) is 9.17. The molecule has 3 rings (SSSR count). The molecule has 28 heavy (non-hydrogen) atoms. The van der Waals surface area contributed by atoms with Crippen LogP contribution in [-0.4, -0.2) is 36.8 Å². The van der Waals surface area contributed by atoms with E-state index in [0.29, 0.717) is 35.2 Å². The number of likely N-dealkylation sites (N-methyl/N-ethyl adjacent to an activating group) is 1. The molecule has 0 atom stereocenters. The molecule has 1 aromatic heterocycles. The highest BCUT2D eigenvalue weighted by atomic mass is 35.5. The molecule has 0 aliphatic rings. The van der Waals surface area contributed by atoms with Crippen LogP contribution in [-0.2, 0) is 0 Å². The highest BCUT2D eigenvalue weighted by Gasteiger charge is 2.17. The number of ether oxygens (including phenoxy) is 1. The number of nitrogens with zero attached hydrogens (tertiary/aromatic N) is 1. The number of halogens is 1. The summed E-state index contributed by atoms with van der Waals surface area (Å²) in [5.74, 6) is 1.24. The van der Waals surface area contributed by atoms with E-state index in [1.807, 2.05) is 6.07 Å². The first-order valence-electron chi connectivity index (χ1n) is 8.79. The van der Waals surface area contributed by atoms with Gasteiger partial charge in [0.15, 0.2) is 11.5 Å². The summed E-state index contributed by atoms with van der Waals surface area (Å²) in [5, 5.41) is 0.599. The molecular weight excluding hydrogens is 378 g/mol. The van der Waals surface area contributed by atoms with E-state index in [4.69, 9.17) is 20.8 Å². The van der Waals surface area contributed by atoms with Crippen molar-refractivity contribution in [3.63, 3.8) is 0 Å². The van der Waals surface area contributed by atoms with Crippen molar-refractivity contribution in [1.29, 1.82) is 0 Å². The topological polar surface area (TPSA) is 59.8 Å². The van der Waals surface area contributed by atoms with Crippen LogP contribution in [0.4, 0.5) is 0 Å². The van der Waals surface area contributed by atoms with E-state index in [0.717, 1.165) is 5.56 Å². The van der Waals surface area contributed by atoms with Crippen molar-refractivity contribution >= 4 is 23.3 Å². The number of furan rings is 1. The quantitative estimate of drug-likeness (QED) is 0.529. The van der Waals surface area contributed by atoms with Crippen molar-refractivity contribution in [2.75, 3.05) is 20.2 Å². The van der Waals surface area contributed by atoms with Crippen molar-refractivity contribution in [2.24, 2.45) is 0 Å². The van der Waals surface area contributed by atoms with Gasteiger partial charge in [0.25, 0.3) is 5.91 Å². The lowest BCUT2D eigenvalue weighted by atomic mass is 10.1. The molecule has 0 fully saturated rings. The lowest BCUT2D eigenvalue weighted by Gasteiger charge is -2.16. The molecule has 0 spiro atoms. The minimum atomic E-state index is -0.235. The Morgan fingerprint density at radius 1 is 1.07 bits per heavy atom. The van der Waals surface area contributed by atoms with Gasteiger partial charge in [-0.05, 0) is 37.3 Å². The number of benzene rings is 2. The summed E-state index contributed by atoms with van der Waals surface area (Å²) in [5.41, 5.74) is 1.43. The van der Waals surface area contributed by atoms with E-state index < -0.39 is 0 Å². The summed E-state index contributed by atoms with van der Waals surface area (Å²) in [6, 6.07) is 17.6.